The normalized spacial score (nSPS) is 22.3. The number of carbonyl (C=O) groups is 1. The summed E-state index contributed by atoms with van der Waals surface area (Å²) < 4.78 is 0. The molecule has 6 nitrogen and oxygen atoms in total. The number of nitrogens with two attached hydrogens (primary N) is 1. The summed E-state index contributed by atoms with van der Waals surface area (Å²) in [5.41, 5.74) is 5.94. The van der Waals surface area contributed by atoms with Gasteiger partial charge in [0.25, 0.3) is 11.6 Å². The summed E-state index contributed by atoms with van der Waals surface area (Å²) in [4.78, 5) is 22.1. The van der Waals surface area contributed by atoms with Crippen LogP contribution < -0.4 is 11.1 Å². The van der Waals surface area contributed by atoms with E-state index in [9.17, 15) is 14.9 Å². The van der Waals surface area contributed by atoms with Gasteiger partial charge < -0.3 is 11.1 Å². The first-order valence-corrected chi connectivity index (χ1v) is 6.85. The van der Waals surface area contributed by atoms with E-state index in [0.717, 1.165) is 25.7 Å². The lowest BCUT2D eigenvalue weighted by atomic mass is 9.91. The lowest BCUT2D eigenvalue weighted by molar-refractivity contribution is -0.384. The number of nitro benzene ring substituents is 1. The molecule has 1 amide bonds. The minimum absolute atomic E-state index is 0.0340. The summed E-state index contributed by atoms with van der Waals surface area (Å²) in [6, 6.07) is 4.30. The van der Waals surface area contributed by atoms with Crippen LogP contribution in [0.3, 0.4) is 0 Å². The molecule has 3 N–H and O–H groups in total. The van der Waals surface area contributed by atoms with Gasteiger partial charge in [-0.15, -0.1) is 0 Å². The van der Waals surface area contributed by atoms with E-state index in [4.69, 9.17) is 17.3 Å². The van der Waals surface area contributed by atoms with Crippen LogP contribution in [-0.4, -0.2) is 22.9 Å². The Kier molecular flexibility index (Phi) is 4.57. The molecule has 0 radical (unpaired) electrons. The van der Waals surface area contributed by atoms with E-state index in [1.54, 1.807) is 0 Å². The Morgan fingerprint density at radius 3 is 2.55 bits per heavy atom. The summed E-state index contributed by atoms with van der Waals surface area (Å²) in [5.74, 6) is -0.262. The SMILES string of the molecule is NC1CCC(NC(=O)c2ccc([N+](=O)[O-])c(Cl)c2)CC1. The molecule has 108 valence electrons. The van der Waals surface area contributed by atoms with Crippen LogP contribution in [0.5, 0.6) is 0 Å². The highest BCUT2D eigenvalue weighted by atomic mass is 35.5. The quantitative estimate of drug-likeness (QED) is 0.660. The summed E-state index contributed by atoms with van der Waals surface area (Å²) in [6.45, 7) is 0. The molecular formula is C13H16ClN3O3. The molecule has 0 spiro atoms. The van der Waals surface area contributed by atoms with Crippen molar-refractivity contribution in [1.29, 1.82) is 0 Å². The molecule has 1 fully saturated rings. The fourth-order valence-corrected chi connectivity index (χ4v) is 2.58. The fraction of sp³-hybridized carbons (Fsp3) is 0.462. The van der Waals surface area contributed by atoms with Crippen molar-refractivity contribution in [2.45, 2.75) is 37.8 Å². The topological polar surface area (TPSA) is 98.3 Å². The minimum atomic E-state index is -0.577. The van der Waals surface area contributed by atoms with Gasteiger partial charge in [-0.05, 0) is 37.8 Å². The molecule has 0 bridgehead atoms. The lowest BCUT2D eigenvalue weighted by Gasteiger charge is -2.26. The van der Waals surface area contributed by atoms with Gasteiger partial charge in [0.05, 0.1) is 4.92 Å². The Labute approximate surface area is 121 Å². The molecule has 1 saturated carbocycles. The molecule has 1 aliphatic rings. The maximum atomic E-state index is 12.1. The van der Waals surface area contributed by atoms with Crippen LogP contribution in [0.15, 0.2) is 18.2 Å². The third-order valence-electron chi connectivity index (χ3n) is 3.51. The number of nitro groups is 1. The molecule has 0 unspecified atom stereocenters. The van der Waals surface area contributed by atoms with Gasteiger partial charge >= 0.3 is 0 Å². The van der Waals surface area contributed by atoms with Crippen molar-refractivity contribution < 1.29 is 9.72 Å². The predicted molar refractivity (Wildman–Crippen MR) is 75.8 cm³/mol. The summed E-state index contributed by atoms with van der Waals surface area (Å²) in [7, 11) is 0. The Morgan fingerprint density at radius 2 is 2.00 bits per heavy atom. The van der Waals surface area contributed by atoms with E-state index >= 15 is 0 Å². The fourth-order valence-electron chi connectivity index (χ4n) is 2.33. The van der Waals surface area contributed by atoms with Crippen molar-refractivity contribution in [3.8, 4) is 0 Å². The van der Waals surface area contributed by atoms with Gasteiger partial charge in [-0.25, -0.2) is 0 Å². The van der Waals surface area contributed by atoms with Crippen LogP contribution in [0.25, 0.3) is 0 Å². The molecule has 0 aromatic heterocycles. The first-order chi connectivity index (χ1) is 9.47. The monoisotopic (exact) mass is 297 g/mol. The highest BCUT2D eigenvalue weighted by molar-refractivity contribution is 6.33. The van der Waals surface area contributed by atoms with Gasteiger partial charge in [0.1, 0.15) is 5.02 Å². The number of hydrogen-bond acceptors (Lipinski definition) is 4. The Morgan fingerprint density at radius 1 is 1.35 bits per heavy atom. The largest absolute Gasteiger partial charge is 0.349 e. The number of nitrogens with zero attached hydrogens (tertiary/aromatic N) is 1. The Balaban J connectivity index is 2.02. The number of benzene rings is 1. The first kappa shape index (κ1) is 14.7. The average Bonchev–Trinajstić information content (AvgIpc) is 2.40. The lowest BCUT2D eigenvalue weighted by Crippen LogP contribution is -2.40. The number of nitrogens with one attached hydrogen (secondary N) is 1. The molecule has 1 aliphatic carbocycles. The molecular weight excluding hydrogens is 282 g/mol. The van der Waals surface area contributed by atoms with Crippen molar-refractivity contribution in [3.63, 3.8) is 0 Å². The number of amides is 1. The predicted octanol–water partition coefficient (Wildman–Crippen LogP) is 2.25. The standard InChI is InChI=1S/C13H16ClN3O3/c14-11-7-8(1-6-12(11)17(19)20)13(18)16-10-4-2-9(15)3-5-10/h1,6-7,9-10H,2-5,15H2,(H,16,18). The number of rotatable bonds is 3. The zero-order valence-corrected chi connectivity index (χ0v) is 11.6. The molecule has 0 aliphatic heterocycles. The van der Waals surface area contributed by atoms with Crippen LogP contribution >= 0.6 is 11.6 Å². The van der Waals surface area contributed by atoms with Gasteiger partial charge in [0, 0.05) is 23.7 Å². The maximum absolute atomic E-state index is 12.1. The van der Waals surface area contributed by atoms with Gasteiger partial charge in [-0.2, -0.15) is 0 Å². The van der Waals surface area contributed by atoms with E-state index in [-0.39, 0.29) is 28.7 Å². The summed E-state index contributed by atoms with van der Waals surface area (Å²) in [6.07, 6.45) is 3.50. The van der Waals surface area contributed by atoms with E-state index in [2.05, 4.69) is 5.32 Å². The number of carbonyl (C=O) groups excluding carboxylic acids is 1. The van der Waals surface area contributed by atoms with Crippen molar-refractivity contribution >= 4 is 23.2 Å². The van der Waals surface area contributed by atoms with E-state index in [0.29, 0.717) is 5.56 Å². The molecule has 0 saturated heterocycles. The molecule has 2 rings (SSSR count). The Bertz CT molecular complexity index is 528. The van der Waals surface area contributed by atoms with Crippen LogP contribution in [-0.2, 0) is 0 Å². The maximum Gasteiger partial charge on any atom is 0.287 e. The van der Waals surface area contributed by atoms with Crippen LogP contribution in [0.4, 0.5) is 5.69 Å². The average molecular weight is 298 g/mol. The van der Waals surface area contributed by atoms with Crippen LogP contribution in [0.2, 0.25) is 5.02 Å². The van der Waals surface area contributed by atoms with E-state index < -0.39 is 4.92 Å². The second kappa shape index (κ2) is 6.19. The highest BCUT2D eigenvalue weighted by Crippen LogP contribution is 2.25. The molecule has 0 atom stereocenters. The molecule has 0 heterocycles. The zero-order valence-electron chi connectivity index (χ0n) is 10.8. The third-order valence-corrected chi connectivity index (χ3v) is 3.82. The molecule has 1 aromatic carbocycles. The van der Waals surface area contributed by atoms with Gasteiger partial charge in [0.15, 0.2) is 0 Å². The second-order valence-corrected chi connectivity index (χ2v) is 5.42. The minimum Gasteiger partial charge on any atom is -0.349 e. The molecule has 20 heavy (non-hydrogen) atoms. The second-order valence-electron chi connectivity index (χ2n) is 5.01. The third kappa shape index (κ3) is 3.46. The number of halogens is 1. The zero-order chi connectivity index (χ0) is 14.7. The van der Waals surface area contributed by atoms with Crippen LogP contribution in [0.1, 0.15) is 36.0 Å². The highest BCUT2D eigenvalue weighted by Gasteiger charge is 2.21. The van der Waals surface area contributed by atoms with Gasteiger partial charge in [-0.3, -0.25) is 14.9 Å². The summed E-state index contributed by atoms with van der Waals surface area (Å²) in [5, 5.41) is 13.5. The molecule has 7 heteroatoms. The van der Waals surface area contributed by atoms with Gasteiger partial charge in [0.2, 0.25) is 0 Å². The number of hydrogen-bond donors (Lipinski definition) is 2. The first-order valence-electron chi connectivity index (χ1n) is 6.47. The smallest absolute Gasteiger partial charge is 0.287 e. The van der Waals surface area contributed by atoms with E-state index in [1.165, 1.54) is 18.2 Å². The van der Waals surface area contributed by atoms with Crippen molar-refractivity contribution in [2.24, 2.45) is 5.73 Å². The van der Waals surface area contributed by atoms with Crippen molar-refractivity contribution in [2.75, 3.05) is 0 Å². The van der Waals surface area contributed by atoms with Gasteiger partial charge in [-0.1, -0.05) is 11.6 Å². The Hall–Kier alpha value is -1.66. The van der Waals surface area contributed by atoms with E-state index in [1.807, 2.05) is 0 Å². The van der Waals surface area contributed by atoms with Crippen LogP contribution in [0, 0.1) is 10.1 Å². The summed E-state index contributed by atoms with van der Waals surface area (Å²) >= 11 is 5.79. The van der Waals surface area contributed by atoms with Crippen molar-refractivity contribution in [1.82, 2.24) is 5.32 Å². The van der Waals surface area contributed by atoms with Crippen molar-refractivity contribution in [3.05, 3.63) is 38.9 Å². The molecule has 1 aromatic rings.